The topological polar surface area (TPSA) is 48.2 Å². The molecule has 0 saturated heterocycles. The Morgan fingerprint density at radius 3 is 2.59 bits per heavy atom. The monoisotopic (exact) mass is 380 g/mol. The highest BCUT2D eigenvalue weighted by molar-refractivity contribution is 6.66. The summed E-state index contributed by atoms with van der Waals surface area (Å²) >= 11 is 23.1. The summed E-state index contributed by atoms with van der Waals surface area (Å²) in [7, 11) is 0. The van der Waals surface area contributed by atoms with Crippen molar-refractivity contribution >= 4 is 58.6 Å². The summed E-state index contributed by atoms with van der Waals surface area (Å²) in [4.78, 5) is 0. The zero-order valence-corrected chi connectivity index (χ0v) is 14.5. The molecule has 1 aromatic carbocycles. The van der Waals surface area contributed by atoms with E-state index in [0.29, 0.717) is 11.6 Å². The first kappa shape index (κ1) is 17.4. The molecule has 0 fully saturated rings. The molecule has 0 radical (unpaired) electrons. The fourth-order valence-electron chi connectivity index (χ4n) is 1.53. The van der Waals surface area contributed by atoms with Crippen molar-refractivity contribution in [3.05, 3.63) is 40.6 Å². The molecule has 4 nitrogen and oxygen atoms in total. The van der Waals surface area contributed by atoms with Gasteiger partial charge < -0.3 is 9.15 Å². The Kier molecular flexibility index (Phi) is 5.98. The van der Waals surface area contributed by atoms with E-state index < -0.39 is 3.79 Å². The van der Waals surface area contributed by atoms with Crippen molar-refractivity contribution in [2.24, 2.45) is 0 Å². The molecule has 0 amide bonds. The van der Waals surface area contributed by atoms with Gasteiger partial charge in [0.15, 0.2) is 0 Å². The van der Waals surface area contributed by atoms with Gasteiger partial charge in [-0.3, -0.25) is 0 Å². The van der Waals surface area contributed by atoms with Crippen LogP contribution in [-0.4, -0.2) is 16.8 Å². The van der Waals surface area contributed by atoms with Crippen LogP contribution in [0.25, 0.3) is 12.2 Å². The number of ether oxygens (including phenoxy) is 1. The third-order valence-corrected chi connectivity index (χ3v) is 3.35. The molecular formula is C14H12Cl4N2O2. The zero-order valence-electron chi connectivity index (χ0n) is 11.5. The van der Waals surface area contributed by atoms with E-state index in [1.54, 1.807) is 18.2 Å². The average molecular weight is 382 g/mol. The smallest absolute Gasteiger partial charge is 0.268 e. The molecule has 1 aromatic heterocycles. The van der Waals surface area contributed by atoms with Crippen molar-refractivity contribution in [1.82, 2.24) is 10.2 Å². The van der Waals surface area contributed by atoms with Gasteiger partial charge in [-0.15, -0.1) is 10.2 Å². The summed E-state index contributed by atoms with van der Waals surface area (Å²) in [6.07, 6.45) is 4.24. The number of hydrogen-bond donors (Lipinski definition) is 0. The van der Waals surface area contributed by atoms with E-state index in [4.69, 9.17) is 55.6 Å². The van der Waals surface area contributed by atoms with Gasteiger partial charge in [0, 0.05) is 6.08 Å². The molecule has 2 rings (SSSR count). The summed E-state index contributed by atoms with van der Waals surface area (Å²) in [6, 6.07) is 5.41. The second-order valence-electron chi connectivity index (χ2n) is 4.31. The molecule has 0 unspecified atom stereocenters. The van der Waals surface area contributed by atoms with Crippen LogP contribution in [0.1, 0.15) is 30.7 Å². The molecule has 0 aliphatic heterocycles. The van der Waals surface area contributed by atoms with Gasteiger partial charge in [-0.25, -0.2) is 0 Å². The van der Waals surface area contributed by atoms with Gasteiger partial charge in [-0.1, -0.05) is 53.3 Å². The van der Waals surface area contributed by atoms with Crippen molar-refractivity contribution in [1.29, 1.82) is 0 Å². The minimum absolute atomic E-state index is 0.0911. The van der Waals surface area contributed by atoms with Crippen molar-refractivity contribution < 1.29 is 9.15 Å². The van der Waals surface area contributed by atoms with Gasteiger partial charge in [-0.05, 0) is 36.3 Å². The maximum absolute atomic E-state index is 6.19. The fraction of sp³-hybridized carbons (Fsp3) is 0.286. The normalized spacial score (nSPS) is 12.0. The second-order valence-corrected chi connectivity index (χ2v) is 7.00. The first-order chi connectivity index (χ1) is 10.4. The van der Waals surface area contributed by atoms with Gasteiger partial charge in [0.05, 0.1) is 11.6 Å². The Morgan fingerprint density at radius 2 is 2.00 bits per heavy atom. The summed E-state index contributed by atoms with van der Waals surface area (Å²) < 4.78 is 8.97. The number of hydrogen-bond acceptors (Lipinski definition) is 4. The van der Waals surface area contributed by atoms with Crippen LogP contribution in [0.5, 0.6) is 5.75 Å². The first-order valence-corrected chi connectivity index (χ1v) is 7.92. The molecule has 118 valence electrons. The molecular weight excluding hydrogens is 370 g/mol. The van der Waals surface area contributed by atoms with E-state index >= 15 is 0 Å². The molecule has 2 aromatic rings. The lowest BCUT2D eigenvalue weighted by atomic mass is 10.2. The van der Waals surface area contributed by atoms with Crippen LogP contribution >= 0.6 is 46.4 Å². The lowest BCUT2D eigenvalue weighted by molar-refractivity contribution is 0.317. The van der Waals surface area contributed by atoms with Crippen LogP contribution < -0.4 is 4.74 Å². The van der Waals surface area contributed by atoms with E-state index in [0.717, 1.165) is 17.7 Å². The minimum atomic E-state index is -1.74. The Morgan fingerprint density at radius 1 is 1.23 bits per heavy atom. The molecule has 0 bridgehead atoms. The molecule has 0 aliphatic rings. The van der Waals surface area contributed by atoms with Crippen molar-refractivity contribution in [3.8, 4) is 5.75 Å². The van der Waals surface area contributed by atoms with Crippen LogP contribution in [0.4, 0.5) is 0 Å². The van der Waals surface area contributed by atoms with Gasteiger partial charge in [0.1, 0.15) is 5.75 Å². The van der Waals surface area contributed by atoms with Gasteiger partial charge in [0.25, 0.3) is 9.68 Å². The number of aromatic nitrogens is 2. The maximum Gasteiger partial charge on any atom is 0.268 e. The highest BCUT2D eigenvalue weighted by atomic mass is 35.6. The molecule has 0 spiro atoms. The molecule has 8 heteroatoms. The lowest BCUT2D eigenvalue weighted by Crippen LogP contribution is -1.99. The fourth-order valence-corrected chi connectivity index (χ4v) is 1.99. The number of benzene rings is 1. The van der Waals surface area contributed by atoms with E-state index in [1.165, 1.54) is 0 Å². The maximum atomic E-state index is 6.19. The van der Waals surface area contributed by atoms with Crippen LogP contribution in [0.3, 0.4) is 0 Å². The van der Waals surface area contributed by atoms with Crippen LogP contribution in [-0.2, 0) is 3.79 Å². The third kappa shape index (κ3) is 4.78. The Balaban J connectivity index is 2.11. The third-order valence-electron chi connectivity index (χ3n) is 2.53. The molecule has 0 N–H and O–H groups in total. The SMILES string of the molecule is CCCOc1ccc(C=Cc2nnc(C(Cl)(Cl)Cl)o2)c(Cl)c1. The molecule has 0 atom stereocenters. The minimum Gasteiger partial charge on any atom is -0.494 e. The van der Waals surface area contributed by atoms with Crippen molar-refractivity contribution in [3.63, 3.8) is 0 Å². The van der Waals surface area contributed by atoms with Gasteiger partial charge >= 0.3 is 0 Å². The Labute approximate surface area is 148 Å². The number of nitrogens with zero attached hydrogens (tertiary/aromatic N) is 2. The number of alkyl halides is 3. The van der Waals surface area contributed by atoms with E-state index in [-0.39, 0.29) is 11.8 Å². The largest absolute Gasteiger partial charge is 0.494 e. The predicted molar refractivity (Wildman–Crippen MR) is 89.7 cm³/mol. The van der Waals surface area contributed by atoms with Crippen LogP contribution in [0.2, 0.25) is 5.02 Å². The summed E-state index contributed by atoms with van der Waals surface area (Å²) in [5.41, 5.74) is 0.777. The first-order valence-electron chi connectivity index (χ1n) is 6.41. The Hall–Kier alpha value is -0.940. The molecule has 1 heterocycles. The summed E-state index contributed by atoms with van der Waals surface area (Å²) in [5, 5.41) is 7.96. The average Bonchev–Trinajstić information content (AvgIpc) is 2.93. The van der Waals surface area contributed by atoms with E-state index in [2.05, 4.69) is 10.2 Å². The molecule has 0 aliphatic carbocycles. The van der Waals surface area contributed by atoms with E-state index in [9.17, 15) is 0 Å². The predicted octanol–water partition coefficient (Wildman–Crippen LogP) is 5.51. The number of halogens is 4. The van der Waals surface area contributed by atoms with Crippen LogP contribution in [0, 0.1) is 0 Å². The van der Waals surface area contributed by atoms with Crippen LogP contribution in [0.15, 0.2) is 22.6 Å². The highest BCUT2D eigenvalue weighted by Gasteiger charge is 2.29. The number of rotatable bonds is 5. The second kappa shape index (κ2) is 7.55. The quantitative estimate of drug-likeness (QED) is 0.640. The van der Waals surface area contributed by atoms with Crippen molar-refractivity contribution in [2.75, 3.05) is 6.61 Å². The van der Waals surface area contributed by atoms with Gasteiger partial charge in [0.2, 0.25) is 5.89 Å². The highest BCUT2D eigenvalue weighted by Crippen LogP contribution is 2.37. The summed E-state index contributed by atoms with van der Waals surface area (Å²) in [6.45, 7) is 2.68. The molecule has 22 heavy (non-hydrogen) atoms. The van der Waals surface area contributed by atoms with E-state index in [1.807, 2.05) is 19.1 Å². The summed E-state index contributed by atoms with van der Waals surface area (Å²) in [5.74, 6) is 0.843. The van der Waals surface area contributed by atoms with Crippen molar-refractivity contribution in [2.45, 2.75) is 17.1 Å². The standard InChI is InChI=1S/C14H12Cl4N2O2/c1-2-7-21-10-5-3-9(11(15)8-10)4-6-12-19-20-13(22-12)14(16,17)18/h3-6,8H,2,7H2,1H3. The zero-order chi connectivity index (χ0) is 16.2. The van der Waals surface area contributed by atoms with Gasteiger partial charge in [-0.2, -0.15) is 0 Å². The molecule has 0 saturated carbocycles. The lowest BCUT2D eigenvalue weighted by Gasteiger charge is -2.06. The Bertz CT molecular complexity index is 665.